The third-order valence-corrected chi connectivity index (χ3v) is 4.25. The molecule has 0 amide bonds. The number of benzene rings is 1. The Bertz CT molecular complexity index is 1060. The van der Waals surface area contributed by atoms with Crippen LogP contribution in [0, 0.1) is 6.92 Å². The summed E-state index contributed by atoms with van der Waals surface area (Å²) in [6.07, 6.45) is 0. The number of nitrogens with zero attached hydrogens (tertiary/aromatic N) is 4. The summed E-state index contributed by atoms with van der Waals surface area (Å²) < 4.78 is 11.0. The lowest BCUT2D eigenvalue weighted by molar-refractivity contribution is 0.432. The highest BCUT2D eigenvalue weighted by Gasteiger charge is 2.22. The van der Waals surface area contributed by atoms with E-state index < -0.39 is 0 Å². The van der Waals surface area contributed by atoms with Gasteiger partial charge in [0.2, 0.25) is 5.82 Å². The first kappa shape index (κ1) is 16.4. The number of aromatic nitrogens is 4. The molecule has 0 spiro atoms. The fourth-order valence-corrected chi connectivity index (χ4v) is 2.90. The number of hydrogen-bond donors (Lipinski definition) is 1. The van der Waals surface area contributed by atoms with Crippen LogP contribution < -0.4 is 5.73 Å². The second kappa shape index (κ2) is 6.34. The summed E-state index contributed by atoms with van der Waals surface area (Å²) in [5.41, 5.74) is 10.5. The van der Waals surface area contributed by atoms with Crippen LogP contribution in [0.3, 0.4) is 0 Å². The maximum atomic E-state index is 5.64. The van der Waals surface area contributed by atoms with E-state index in [1.165, 1.54) is 0 Å². The van der Waals surface area contributed by atoms with Gasteiger partial charge in [0.1, 0.15) is 0 Å². The fourth-order valence-electron chi connectivity index (χ4n) is 2.90. The molecule has 0 fully saturated rings. The Kier molecular flexibility index (Phi) is 4.00. The zero-order valence-corrected chi connectivity index (χ0v) is 14.9. The predicted molar refractivity (Wildman–Crippen MR) is 97.2 cm³/mol. The number of hydrogen-bond acceptors (Lipinski definition) is 7. The molecular weight excluding hydrogens is 330 g/mol. The van der Waals surface area contributed by atoms with Crippen LogP contribution in [0.4, 0.5) is 0 Å². The molecule has 0 bridgehead atoms. The number of pyridine rings is 1. The Labute approximate surface area is 150 Å². The van der Waals surface area contributed by atoms with Gasteiger partial charge in [-0.05, 0) is 24.5 Å². The summed E-state index contributed by atoms with van der Waals surface area (Å²) in [7, 11) is 0. The molecule has 3 heterocycles. The van der Waals surface area contributed by atoms with Gasteiger partial charge in [-0.15, -0.1) is 0 Å². The van der Waals surface area contributed by atoms with E-state index in [1.807, 2.05) is 37.3 Å². The Balaban J connectivity index is 1.83. The van der Waals surface area contributed by atoms with E-state index >= 15 is 0 Å². The topological polar surface area (TPSA) is 104 Å². The Morgan fingerprint density at radius 2 is 1.81 bits per heavy atom. The average Bonchev–Trinajstić information content (AvgIpc) is 3.28. The standard InChI is InChI=1S/C19H19N5O2/c1-10(2)16-15-14(8-11(3)21-19(15)26-23-16)18-22-17(24-25-18)13-6-4-12(9-20)5-7-13/h4-8,10H,9,20H2,1-3H3. The van der Waals surface area contributed by atoms with Gasteiger partial charge >= 0.3 is 0 Å². The summed E-state index contributed by atoms with van der Waals surface area (Å²) in [5.74, 6) is 1.13. The molecule has 4 rings (SSSR count). The van der Waals surface area contributed by atoms with Crippen molar-refractivity contribution < 1.29 is 9.05 Å². The zero-order valence-electron chi connectivity index (χ0n) is 14.9. The molecule has 7 heteroatoms. The van der Waals surface area contributed by atoms with Crippen molar-refractivity contribution in [2.45, 2.75) is 33.2 Å². The lowest BCUT2D eigenvalue weighted by atomic mass is 10.0. The van der Waals surface area contributed by atoms with Gasteiger partial charge in [-0.3, -0.25) is 0 Å². The molecule has 0 radical (unpaired) electrons. The molecule has 3 aromatic heterocycles. The van der Waals surface area contributed by atoms with E-state index in [-0.39, 0.29) is 5.92 Å². The van der Waals surface area contributed by atoms with Crippen LogP contribution in [0.15, 0.2) is 39.4 Å². The van der Waals surface area contributed by atoms with Gasteiger partial charge in [-0.25, -0.2) is 4.98 Å². The maximum Gasteiger partial charge on any atom is 0.259 e. The van der Waals surface area contributed by atoms with E-state index in [0.717, 1.165) is 33.5 Å². The molecule has 0 aliphatic carbocycles. The lowest BCUT2D eigenvalue weighted by Crippen LogP contribution is -1.95. The van der Waals surface area contributed by atoms with E-state index in [4.69, 9.17) is 14.8 Å². The minimum atomic E-state index is 0.186. The largest absolute Gasteiger partial charge is 0.335 e. The van der Waals surface area contributed by atoms with E-state index in [0.29, 0.717) is 24.0 Å². The van der Waals surface area contributed by atoms with Crippen LogP contribution in [0.1, 0.15) is 36.7 Å². The minimum Gasteiger partial charge on any atom is -0.335 e. The predicted octanol–water partition coefficient (Wildman–Crippen LogP) is 3.83. The molecule has 0 saturated carbocycles. The molecule has 26 heavy (non-hydrogen) atoms. The second-order valence-electron chi connectivity index (χ2n) is 6.54. The third kappa shape index (κ3) is 2.76. The summed E-state index contributed by atoms with van der Waals surface area (Å²) in [5, 5.41) is 9.11. The molecule has 7 nitrogen and oxygen atoms in total. The molecule has 0 unspecified atom stereocenters. The first-order chi connectivity index (χ1) is 12.6. The van der Waals surface area contributed by atoms with Gasteiger partial charge in [0, 0.05) is 17.8 Å². The van der Waals surface area contributed by atoms with Crippen molar-refractivity contribution >= 4 is 11.1 Å². The molecule has 0 atom stereocenters. The summed E-state index contributed by atoms with van der Waals surface area (Å²) in [4.78, 5) is 8.99. The Morgan fingerprint density at radius 1 is 1.04 bits per heavy atom. The molecule has 2 N–H and O–H groups in total. The minimum absolute atomic E-state index is 0.186. The molecule has 1 aromatic carbocycles. The van der Waals surface area contributed by atoms with E-state index in [9.17, 15) is 0 Å². The summed E-state index contributed by atoms with van der Waals surface area (Å²) in [6, 6.07) is 9.70. The first-order valence-electron chi connectivity index (χ1n) is 8.47. The first-order valence-corrected chi connectivity index (χ1v) is 8.47. The zero-order chi connectivity index (χ0) is 18.3. The van der Waals surface area contributed by atoms with Crippen molar-refractivity contribution in [1.29, 1.82) is 0 Å². The average molecular weight is 349 g/mol. The SMILES string of the molecule is Cc1cc(-c2nc(-c3ccc(CN)cc3)no2)c2c(C(C)C)noc2n1. The smallest absolute Gasteiger partial charge is 0.259 e. The van der Waals surface area contributed by atoms with Gasteiger partial charge < -0.3 is 14.8 Å². The van der Waals surface area contributed by atoms with Gasteiger partial charge in [0.25, 0.3) is 11.6 Å². The highest BCUT2D eigenvalue weighted by molar-refractivity contribution is 5.92. The van der Waals surface area contributed by atoms with Crippen LogP contribution >= 0.6 is 0 Å². The van der Waals surface area contributed by atoms with Crippen LogP contribution in [-0.4, -0.2) is 20.3 Å². The number of rotatable bonds is 4. The fraction of sp³-hybridized carbons (Fsp3) is 0.263. The monoisotopic (exact) mass is 349 g/mol. The lowest BCUT2D eigenvalue weighted by Gasteiger charge is -2.03. The van der Waals surface area contributed by atoms with Crippen molar-refractivity contribution in [3.05, 3.63) is 47.3 Å². The molecule has 0 saturated heterocycles. The van der Waals surface area contributed by atoms with Crippen molar-refractivity contribution in [2.75, 3.05) is 0 Å². The molecule has 4 aromatic rings. The molecule has 132 valence electrons. The summed E-state index contributed by atoms with van der Waals surface area (Å²) >= 11 is 0. The number of fused-ring (bicyclic) bond motifs is 1. The third-order valence-electron chi connectivity index (χ3n) is 4.25. The highest BCUT2D eigenvalue weighted by Crippen LogP contribution is 2.34. The summed E-state index contributed by atoms with van der Waals surface area (Å²) in [6.45, 7) is 6.50. The van der Waals surface area contributed by atoms with Crippen LogP contribution in [0.5, 0.6) is 0 Å². The molecular formula is C19H19N5O2. The number of nitrogens with two attached hydrogens (primary N) is 1. The van der Waals surface area contributed by atoms with Gasteiger partial charge in [0.15, 0.2) is 0 Å². The van der Waals surface area contributed by atoms with Gasteiger partial charge in [-0.2, -0.15) is 4.98 Å². The normalized spacial score (nSPS) is 11.6. The second-order valence-corrected chi connectivity index (χ2v) is 6.54. The van der Waals surface area contributed by atoms with Crippen LogP contribution in [-0.2, 0) is 6.54 Å². The van der Waals surface area contributed by atoms with Crippen LogP contribution in [0.2, 0.25) is 0 Å². The van der Waals surface area contributed by atoms with Crippen molar-refractivity contribution in [1.82, 2.24) is 20.3 Å². The van der Waals surface area contributed by atoms with E-state index in [1.54, 1.807) is 0 Å². The van der Waals surface area contributed by atoms with Gasteiger partial charge in [0.05, 0.1) is 16.6 Å². The molecule has 0 aliphatic heterocycles. The van der Waals surface area contributed by atoms with Crippen molar-refractivity contribution in [3.63, 3.8) is 0 Å². The Hall–Kier alpha value is -3.06. The van der Waals surface area contributed by atoms with Crippen LogP contribution in [0.25, 0.3) is 33.9 Å². The van der Waals surface area contributed by atoms with Crippen molar-refractivity contribution in [2.24, 2.45) is 5.73 Å². The van der Waals surface area contributed by atoms with Gasteiger partial charge in [-0.1, -0.05) is 48.4 Å². The van der Waals surface area contributed by atoms with E-state index in [2.05, 4.69) is 34.1 Å². The highest BCUT2D eigenvalue weighted by atomic mass is 16.5. The molecule has 0 aliphatic rings. The van der Waals surface area contributed by atoms with Crippen molar-refractivity contribution in [3.8, 4) is 22.8 Å². The number of aryl methyl sites for hydroxylation is 1. The maximum absolute atomic E-state index is 5.64. The quantitative estimate of drug-likeness (QED) is 0.597. The Morgan fingerprint density at radius 3 is 2.50 bits per heavy atom.